The van der Waals surface area contributed by atoms with Crippen LogP contribution in [0.2, 0.25) is 0 Å². The zero-order valence-corrected chi connectivity index (χ0v) is 12.7. The molecule has 0 bridgehead atoms. The molecule has 0 saturated heterocycles. The number of aryl methyl sites for hydroxylation is 3. The van der Waals surface area contributed by atoms with Crippen molar-refractivity contribution in [2.75, 3.05) is 19.0 Å². The molecule has 0 fully saturated rings. The topological polar surface area (TPSA) is 47.0 Å². The summed E-state index contributed by atoms with van der Waals surface area (Å²) in [6.07, 6.45) is 0. The highest BCUT2D eigenvalue weighted by molar-refractivity contribution is 5.73. The van der Waals surface area contributed by atoms with Crippen LogP contribution in [0.4, 0.5) is 5.82 Å². The van der Waals surface area contributed by atoms with Gasteiger partial charge >= 0.3 is 0 Å². The van der Waals surface area contributed by atoms with E-state index >= 15 is 0 Å². The molecule has 1 aromatic carbocycles. The summed E-state index contributed by atoms with van der Waals surface area (Å²) in [6.45, 7) is 8.93. The largest absolute Gasteiger partial charge is 0.496 e. The van der Waals surface area contributed by atoms with Crippen molar-refractivity contribution in [3.8, 4) is 17.0 Å². The molecule has 1 aromatic heterocycles. The first-order chi connectivity index (χ1) is 9.55. The van der Waals surface area contributed by atoms with Crippen LogP contribution in [0.5, 0.6) is 5.75 Å². The third kappa shape index (κ3) is 2.90. The molecule has 106 valence electrons. The highest BCUT2D eigenvalue weighted by Crippen LogP contribution is 2.34. The van der Waals surface area contributed by atoms with E-state index in [0.717, 1.165) is 40.8 Å². The molecular formula is C16H21N3O. The number of nitrogens with zero attached hydrogens (tertiary/aromatic N) is 2. The quantitative estimate of drug-likeness (QED) is 0.924. The van der Waals surface area contributed by atoms with Crippen LogP contribution >= 0.6 is 0 Å². The smallest absolute Gasteiger partial charge is 0.130 e. The van der Waals surface area contributed by atoms with E-state index in [4.69, 9.17) is 4.74 Å². The average molecular weight is 271 g/mol. The van der Waals surface area contributed by atoms with Gasteiger partial charge in [0.25, 0.3) is 0 Å². The summed E-state index contributed by atoms with van der Waals surface area (Å²) in [7, 11) is 1.69. The Kier molecular flexibility index (Phi) is 4.23. The molecule has 2 rings (SSSR count). The molecule has 2 aromatic rings. The third-order valence-electron chi connectivity index (χ3n) is 3.12. The summed E-state index contributed by atoms with van der Waals surface area (Å²) < 4.78 is 5.52. The number of benzene rings is 1. The molecule has 0 aliphatic carbocycles. The van der Waals surface area contributed by atoms with Gasteiger partial charge in [-0.05, 0) is 44.9 Å². The van der Waals surface area contributed by atoms with Crippen molar-refractivity contribution in [3.05, 3.63) is 35.2 Å². The number of hydrogen-bond acceptors (Lipinski definition) is 4. The second kappa shape index (κ2) is 5.90. The molecule has 0 aliphatic heterocycles. The van der Waals surface area contributed by atoms with Crippen LogP contribution in [0.25, 0.3) is 11.3 Å². The van der Waals surface area contributed by atoms with Gasteiger partial charge in [0.1, 0.15) is 17.4 Å². The number of anilines is 1. The Bertz CT molecular complexity index is 623. The number of ether oxygens (including phenoxy) is 1. The van der Waals surface area contributed by atoms with Crippen molar-refractivity contribution in [3.63, 3.8) is 0 Å². The van der Waals surface area contributed by atoms with Gasteiger partial charge in [0.05, 0.1) is 12.8 Å². The fourth-order valence-electron chi connectivity index (χ4n) is 2.39. The van der Waals surface area contributed by atoms with Crippen molar-refractivity contribution in [1.29, 1.82) is 0 Å². The van der Waals surface area contributed by atoms with Crippen LogP contribution in [0, 0.1) is 20.8 Å². The Balaban J connectivity index is 2.61. The molecule has 0 radical (unpaired) electrons. The predicted octanol–water partition coefficient (Wildman–Crippen LogP) is 3.51. The average Bonchev–Trinajstić information content (AvgIpc) is 2.37. The normalized spacial score (nSPS) is 10.4. The molecule has 0 saturated carbocycles. The van der Waals surface area contributed by atoms with Gasteiger partial charge in [-0.2, -0.15) is 0 Å². The molecule has 0 unspecified atom stereocenters. The van der Waals surface area contributed by atoms with Crippen LogP contribution < -0.4 is 10.1 Å². The van der Waals surface area contributed by atoms with Gasteiger partial charge in [0.2, 0.25) is 0 Å². The first kappa shape index (κ1) is 14.3. The fourth-order valence-corrected chi connectivity index (χ4v) is 2.39. The van der Waals surface area contributed by atoms with E-state index in [9.17, 15) is 0 Å². The van der Waals surface area contributed by atoms with Crippen LogP contribution in [0.3, 0.4) is 0 Å². The summed E-state index contributed by atoms with van der Waals surface area (Å²) in [5.41, 5.74) is 4.26. The first-order valence-corrected chi connectivity index (χ1v) is 6.80. The zero-order valence-electron chi connectivity index (χ0n) is 12.7. The lowest BCUT2D eigenvalue weighted by Gasteiger charge is -2.14. The molecule has 4 nitrogen and oxygen atoms in total. The molecule has 0 amide bonds. The minimum atomic E-state index is 0.750. The minimum Gasteiger partial charge on any atom is -0.496 e. The minimum absolute atomic E-state index is 0.750. The lowest BCUT2D eigenvalue weighted by molar-refractivity contribution is 0.415. The van der Waals surface area contributed by atoms with Crippen LogP contribution in [0.15, 0.2) is 18.2 Å². The Morgan fingerprint density at radius 3 is 2.50 bits per heavy atom. The number of rotatable bonds is 4. The van der Waals surface area contributed by atoms with Gasteiger partial charge in [-0.3, -0.25) is 0 Å². The maximum absolute atomic E-state index is 5.52. The summed E-state index contributed by atoms with van der Waals surface area (Å²) >= 11 is 0. The highest BCUT2D eigenvalue weighted by Gasteiger charge is 2.13. The molecule has 0 aliphatic rings. The molecule has 0 atom stereocenters. The summed E-state index contributed by atoms with van der Waals surface area (Å²) in [5, 5.41) is 3.23. The maximum atomic E-state index is 5.52. The van der Waals surface area contributed by atoms with Gasteiger partial charge in [-0.15, -0.1) is 0 Å². The van der Waals surface area contributed by atoms with E-state index in [2.05, 4.69) is 42.1 Å². The molecule has 4 heteroatoms. The lowest BCUT2D eigenvalue weighted by atomic mass is 10.0. The van der Waals surface area contributed by atoms with Gasteiger partial charge in [0.15, 0.2) is 0 Å². The summed E-state index contributed by atoms with van der Waals surface area (Å²) in [5.74, 6) is 2.44. The van der Waals surface area contributed by atoms with Gasteiger partial charge < -0.3 is 10.1 Å². The van der Waals surface area contributed by atoms with Gasteiger partial charge in [-0.1, -0.05) is 6.07 Å². The van der Waals surface area contributed by atoms with Gasteiger partial charge in [0, 0.05) is 18.2 Å². The monoisotopic (exact) mass is 271 g/mol. The number of hydrogen-bond donors (Lipinski definition) is 1. The maximum Gasteiger partial charge on any atom is 0.130 e. The van der Waals surface area contributed by atoms with Crippen molar-refractivity contribution in [2.24, 2.45) is 0 Å². The standard InChI is InChI=1S/C16H21N3O/c1-6-17-15-9-13(18-12(4)19-15)16-11(3)7-10(2)8-14(16)20-5/h7-9H,6H2,1-5H3,(H,17,18,19). The van der Waals surface area contributed by atoms with E-state index in [0.29, 0.717) is 0 Å². The van der Waals surface area contributed by atoms with E-state index in [-0.39, 0.29) is 0 Å². The second-order valence-corrected chi connectivity index (χ2v) is 4.88. The van der Waals surface area contributed by atoms with Crippen LogP contribution in [-0.4, -0.2) is 23.6 Å². The molecular weight excluding hydrogens is 250 g/mol. The molecule has 1 heterocycles. The van der Waals surface area contributed by atoms with Crippen LogP contribution in [0.1, 0.15) is 23.9 Å². The molecule has 1 N–H and O–H groups in total. The van der Waals surface area contributed by atoms with Crippen molar-refractivity contribution in [1.82, 2.24) is 9.97 Å². The van der Waals surface area contributed by atoms with Crippen molar-refractivity contribution >= 4 is 5.82 Å². The number of methoxy groups -OCH3 is 1. The first-order valence-electron chi connectivity index (χ1n) is 6.80. The SMILES string of the molecule is CCNc1cc(-c2c(C)cc(C)cc2OC)nc(C)n1. The zero-order chi connectivity index (χ0) is 14.7. The molecule has 20 heavy (non-hydrogen) atoms. The Labute approximate surface area is 120 Å². The lowest BCUT2D eigenvalue weighted by Crippen LogP contribution is -2.03. The summed E-state index contributed by atoms with van der Waals surface area (Å²) in [4.78, 5) is 8.94. The molecule has 0 spiro atoms. The van der Waals surface area contributed by atoms with E-state index in [1.54, 1.807) is 7.11 Å². The third-order valence-corrected chi connectivity index (χ3v) is 3.12. The van der Waals surface area contributed by atoms with Crippen molar-refractivity contribution in [2.45, 2.75) is 27.7 Å². The Morgan fingerprint density at radius 2 is 1.85 bits per heavy atom. The number of aromatic nitrogens is 2. The summed E-state index contributed by atoms with van der Waals surface area (Å²) in [6, 6.07) is 6.14. The second-order valence-electron chi connectivity index (χ2n) is 4.88. The van der Waals surface area contributed by atoms with E-state index < -0.39 is 0 Å². The highest BCUT2D eigenvalue weighted by atomic mass is 16.5. The predicted molar refractivity (Wildman–Crippen MR) is 82.4 cm³/mol. The van der Waals surface area contributed by atoms with Crippen LogP contribution in [-0.2, 0) is 0 Å². The Hall–Kier alpha value is -2.10. The number of nitrogens with one attached hydrogen (secondary N) is 1. The van der Waals surface area contributed by atoms with E-state index in [1.807, 2.05) is 19.1 Å². The van der Waals surface area contributed by atoms with Crippen molar-refractivity contribution < 1.29 is 4.74 Å². The van der Waals surface area contributed by atoms with E-state index in [1.165, 1.54) is 5.56 Å². The van der Waals surface area contributed by atoms with Gasteiger partial charge in [-0.25, -0.2) is 9.97 Å². The fraction of sp³-hybridized carbons (Fsp3) is 0.375. The Morgan fingerprint density at radius 1 is 1.10 bits per heavy atom.